The Labute approximate surface area is 218 Å². The molecule has 2 unspecified atom stereocenters. The molecule has 1 amide bonds. The first-order chi connectivity index (χ1) is 17.6. The molecule has 0 aliphatic heterocycles. The zero-order valence-electron chi connectivity index (χ0n) is 20.5. The van der Waals surface area contributed by atoms with E-state index in [9.17, 15) is 19.3 Å². The summed E-state index contributed by atoms with van der Waals surface area (Å²) in [4.78, 5) is 24.1. The maximum atomic E-state index is 13.4. The number of benzene rings is 1. The Bertz CT molecular complexity index is 1390. The van der Waals surface area contributed by atoms with Gasteiger partial charge in [-0.2, -0.15) is 10.2 Å². The molecule has 4 bridgehead atoms. The highest BCUT2D eigenvalue weighted by Crippen LogP contribution is 2.65. The molecule has 194 valence electrons. The van der Waals surface area contributed by atoms with Crippen molar-refractivity contribution in [3.05, 3.63) is 68.9 Å². The Hall–Kier alpha value is -3.27. The van der Waals surface area contributed by atoms with Crippen LogP contribution in [0.2, 0.25) is 5.02 Å². The summed E-state index contributed by atoms with van der Waals surface area (Å²) in [6.45, 7) is 2.26. The lowest BCUT2D eigenvalue weighted by molar-refractivity contribution is -0.385. The molecule has 0 spiro atoms. The predicted molar refractivity (Wildman–Crippen MR) is 135 cm³/mol. The van der Waals surface area contributed by atoms with E-state index in [0.717, 1.165) is 49.8 Å². The van der Waals surface area contributed by atoms with Crippen molar-refractivity contribution in [2.75, 3.05) is 5.32 Å². The highest BCUT2D eigenvalue weighted by Gasteiger charge is 2.59. The molecule has 2 aromatic heterocycles. The van der Waals surface area contributed by atoms with Gasteiger partial charge in [-0.25, -0.2) is 4.39 Å². The Morgan fingerprint density at radius 1 is 1.27 bits per heavy atom. The fraction of sp³-hybridized carbons (Fsp3) is 0.500. The molecule has 0 radical (unpaired) electrons. The lowest BCUT2D eigenvalue weighted by Crippen LogP contribution is -2.57. The average molecular weight is 527 g/mol. The Balaban J connectivity index is 1.17. The van der Waals surface area contributed by atoms with Crippen LogP contribution in [-0.4, -0.2) is 30.4 Å². The largest absolute Gasteiger partial charge is 0.309 e. The summed E-state index contributed by atoms with van der Waals surface area (Å²) in [5, 5.41) is 23.5. The summed E-state index contributed by atoms with van der Waals surface area (Å²) in [7, 11) is 0. The first-order valence-electron chi connectivity index (χ1n) is 12.6. The Morgan fingerprint density at radius 2 is 2.03 bits per heavy atom. The van der Waals surface area contributed by atoms with Crippen molar-refractivity contribution in [1.82, 2.24) is 19.6 Å². The number of carbonyl (C=O) groups is 1. The average Bonchev–Trinajstić information content (AvgIpc) is 3.42. The predicted octanol–water partition coefficient (Wildman–Crippen LogP) is 5.46. The van der Waals surface area contributed by atoms with Crippen LogP contribution in [0.15, 0.2) is 36.7 Å². The van der Waals surface area contributed by atoms with Gasteiger partial charge in [0.05, 0.1) is 17.0 Å². The zero-order chi connectivity index (χ0) is 25.9. The first kappa shape index (κ1) is 24.1. The van der Waals surface area contributed by atoms with Crippen molar-refractivity contribution in [2.24, 2.45) is 17.3 Å². The Morgan fingerprint density at radius 3 is 2.70 bits per heavy atom. The molecule has 4 aliphatic carbocycles. The number of aromatic nitrogens is 4. The van der Waals surface area contributed by atoms with Gasteiger partial charge in [0.2, 0.25) is 5.91 Å². The summed E-state index contributed by atoms with van der Waals surface area (Å²) in [5.74, 6) is 1.01. The molecule has 1 N–H and O–H groups in total. The van der Waals surface area contributed by atoms with Crippen LogP contribution >= 0.6 is 11.6 Å². The topological polar surface area (TPSA) is 108 Å². The van der Waals surface area contributed by atoms with Crippen LogP contribution in [0.5, 0.6) is 0 Å². The molecule has 4 fully saturated rings. The van der Waals surface area contributed by atoms with Crippen LogP contribution < -0.4 is 5.32 Å². The minimum atomic E-state index is -0.404. The molecule has 3 aromatic rings. The molecular weight excluding hydrogens is 499 g/mol. The van der Waals surface area contributed by atoms with E-state index in [2.05, 4.69) is 15.5 Å². The van der Waals surface area contributed by atoms with E-state index in [1.807, 2.05) is 17.7 Å². The summed E-state index contributed by atoms with van der Waals surface area (Å²) < 4.78 is 16.9. The van der Waals surface area contributed by atoms with Crippen LogP contribution in [0.25, 0.3) is 0 Å². The standard InChI is InChI=1S/C26H28ClFN6O3/c1-16-4-23(31-32(16)13-19-2-3-20(28)6-22(19)27)30-24(35)11-25-7-17-5-18(8-25)10-26(9-17,15-25)33-14-21(12-29-33)34(36)37/h2-4,6,12,14,17-18H,5,7-11,13,15H2,1H3,(H,30,31,35). The van der Waals surface area contributed by atoms with Gasteiger partial charge < -0.3 is 5.32 Å². The number of hydrogen-bond donors (Lipinski definition) is 1. The van der Waals surface area contributed by atoms with E-state index >= 15 is 0 Å². The van der Waals surface area contributed by atoms with E-state index in [4.69, 9.17) is 11.6 Å². The third-order valence-corrected chi connectivity index (χ3v) is 8.89. The minimum absolute atomic E-state index is 0.00965. The van der Waals surface area contributed by atoms with Crippen molar-refractivity contribution in [2.45, 2.75) is 64.0 Å². The number of nitro groups is 1. The highest BCUT2D eigenvalue weighted by atomic mass is 35.5. The third kappa shape index (κ3) is 4.41. The van der Waals surface area contributed by atoms with E-state index < -0.39 is 10.7 Å². The number of rotatable bonds is 7. The number of anilines is 1. The number of carbonyl (C=O) groups excluding carboxylic acids is 1. The van der Waals surface area contributed by atoms with Crippen LogP contribution in [0, 0.1) is 40.1 Å². The van der Waals surface area contributed by atoms with Crippen molar-refractivity contribution >= 4 is 29.0 Å². The van der Waals surface area contributed by atoms with Gasteiger partial charge in [0.25, 0.3) is 0 Å². The summed E-state index contributed by atoms with van der Waals surface area (Å²) >= 11 is 6.18. The molecule has 0 saturated heterocycles. The minimum Gasteiger partial charge on any atom is -0.309 e. The van der Waals surface area contributed by atoms with Gasteiger partial charge in [-0.05, 0) is 80.4 Å². The van der Waals surface area contributed by atoms with E-state index in [-0.39, 0.29) is 22.5 Å². The number of halogens is 2. The van der Waals surface area contributed by atoms with E-state index in [1.165, 1.54) is 18.3 Å². The van der Waals surface area contributed by atoms with Gasteiger partial charge in [0, 0.05) is 23.2 Å². The van der Waals surface area contributed by atoms with Gasteiger partial charge in [0.1, 0.15) is 18.2 Å². The SMILES string of the molecule is Cc1cc(NC(=O)CC23CC4CC(C2)CC(n2cc([N+](=O)[O-])cn2)(C4)C3)nn1Cc1ccc(F)cc1Cl. The number of nitrogens with one attached hydrogen (secondary N) is 1. The molecule has 2 heterocycles. The monoisotopic (exact) mass is 526 g/mol. The van der Waals surface area contributed by atoms with E-state index in [0.29, 0.717) is 35.6 Å². The number of nitrogens with zero attached hydrogens (tertiary/aromatic N) is 5. The second-order valence-electron chi connectivity index (χ2n) is 11.4. The molecule has 11 heteroatoms. The highest BCUT2D eigenvalue weighted by molar-refractivity contribution is 6.31. The van der Waals surface area contributed by atoms with E-state index in [1.54, 1.807) is 16.9 Å². The summed E-state index contributed by atoms with van der Waals surface area (Å²) in [6.07, 6.45) is 9.15. The summed E-state index contributed by atoms with van der Waals surface area (Å²) in [5.41, 5.74) is 1.20. The second kappa shape index (κ2) is 8.65. The van der Waals surface area contributed by atoms with Gasteiger partial charge >= 0.3 is 5.69 Å². The van der Waals surface area contributed by atoms with Crippen LogP contribution in [0.4, 0.5) is 15.9 Å². The second-order valence-corrected chi connectivity index (χ2v) is 11.8. The Kier molecular flexibility index (Phi) is 5.63. The van der Waals surface area contributed by atoms with Crippen LogP contribution in [-0.2, 0) is 16.9 Å². The molecule has 37 heavy (non-hydrogen) atoms. The van der Waals surface area contributed by atoms with Gasteiger partial charge in [-0.15, -0.1) is 0 Å². The zero-order valence-corrected chi connectivity index (χ0v) is 21.2. The van der Waals surface area contributed by atoms with Crippen molar-refractivity contribution < 1.29 is 14.1 Å². The quantitative estimate of drug-likeness (QED) is 0.325. The first-order valence-corrected chi connectivity index (χ1v) is 13.0. The normalized spacial score (nSPS) is 28.0. The third-order valence-electron chi connectivity index (χ3n) is 8.54. The van der Waals surface area contributed by atoms with Crippen molar-refractivity contribution in [3.63, 3.8) is 0 Å². The molecular formula is C26H28ClFN6O3. The smallest absolute Gasteiger partial charge is 0.307 e. The van der Waals surface area contributed by atoms with Crippen molar-refractivity contribution in [3.8, 4) is 0 Å². The van der Waals surface area contributed by atoms with Crippen LogP contribution in [0.3, 0.4) is 0 Å². The lowest BCUT2D eigenvalue weighted by Gasteiger charge is -2.61. The maximum absolute atomic E-state index is 13.4. The number of amides is 1. The molecule has 4 aliphatic rings. The number of aryl methyl sites for hydroxylation is 1. The van der Waals surface area contributed by atoms with Crippen molar-refractivity contribution in [1.29, 1.82) is 0 Å². The lowest BCUT2D eigenvalue weighted by atomic mass is 9.46. The van der Waals surface area contributed by atoms with Gasteiger partial charge in [0.15, 0.2) is 5.82 Å². The van der Waals surface area contributed by atoms with Crippen LogP contribution in [0.1, 0.15) is 56.2 Å². The maximum Gasteiger partial charge on any atom is 0.307 e. The molecule has 2 atom stereocenters. The molecule has 7 rings (SSSR count). The molecule has 9 nitrogen and oxygen atoms in total. The molecule has 4 saturated carbocycles. The molecule has 1 aromatic carbocycles. The van der Waals surface area contributed by atoms with Gasteiger partial charge in [-0.1, -0.05) is 17.7 Å². The van der Waals surface area contributed by atoms with Gasteiger partial charge in [-0.3, -0.25) is 24.3 Å². The summed E-state index contributed by atoms with van der Waals surface area (Å²) in [6, 6.07) is 6.09. The fourth-order valence-corrected chi connectivity index (χ4v) is 7.84. The number of hydrogen-bond acceptors (Lipinski definition) is 5. The fourth-order valence-electron chi connectivity index (χ4n) is 7.61.